The molecule has 0 spiro atoms. The fourth-order valence-corrected chi connectivity index (χ4v) is 3.23. The minimum absolute atomic E-state index is 0.0285. The second-order valence-corrected chi connectivity index (χ2v) is 5.46. The molecule has 1 aromatic rings. The zero-order chi connectivity index (χ0) is 13.4. The molecular formula is C14H19N3O2. The molecule has 1 N–H and O–H groups in total. The summed E-state index contributed by atoms with van der Waals surface area (Å²) in [7, 11) is 1.86. The number of nitrogens with one attached hydrogen (secondary N) is 1. The van der Waals surface area contributed by atoms with Gasteiger partial charge < -0.3 is 14.8 Å². The Morgan fingerprint density at radius 2 is 2.16 bits per heavy atom. The van der Waals surface area contributed by atoms with Crippen LogP contribution in [0.1, 0.15) is 36.2 Å². The minimum atomic E-state index is -0.0364. The molecule has 1 saturated carbocycles. The molecule has 1 aliphatic heterocycles. The lowest BCUT2D eigenvalue weighted by Gasteiger charge is -2.43. The fourth-order valence-electron chi connectivity index (χ4n) is 3.23. The molecule has 2 heterocycles. The Morgan fingerprint density at radius 1 is 1.37 bits per heavy atom. The van der Waals surface area contributed by atoms with Crippen molar-refractivity contribution in [2.45, 2.75) is 37.8 Å². The summed E-state index contributed by atoms with van der Waals surface area (Å²) in [6, 6.07) is 3.97. The van der Waals surface area contributed by atoms with Crippen LogP contribution in [0.2, 0.25) is 0 Å². The number of rotatable bonds is 1. The van der Waals surface area contributed by atoms with E-state index in [9.17, 15) is 9.59 Å². The van der Waals surface area contributed by atoms with Crippen molar-refractivity contribution < 1.29 is 9.59 Å². The monoisotopic (exact) mass is 261 g/mol. The van der Waals surface area contributed by atoms with E-state index in [1.54, 1.807) is 4.90 Å². The van der Waals surface area contributed by atoms with Gasteiger partial charge in [0.05, 0.1) is 6.04 Å². The van der Waals surface area contributed by atoms with Crippen LogP contribution in [0.5, 0.6) is 0 Å². The average molecular weight is 261 g/mol. The molecule has 2 fully saturated rings. The number of aryl methyl sites for hydroxylation is 1. The van der Waals surface area contributed by atoms with Crippen LogP contribution >= 0.6 is 0 Å². The number of carbonyl (C=O) groups is 2. The quantitative estimate of drug-likeness (QED) is 0.817. The van der Waals surface area contributed by atoms with E-state index in [2.05, 4.69) is 5.32 Å². The van der Waals surface area contributed by atoms with Crippen LogP contribution in [0.25, 0.3) is 0 Å². The predicted octanol–water partition coefficient (Wildman–Crippen LogP) is 0.908. The van der Waals surface area contributed by atoms with Crippen molar-refractivity contribution in [2.24, 2.45) is 7.05 Å². The van der Waals surface area contributed by atoms with Gasteiger partial charge in [-0.15, -0.1) is 0 Å². The smallest absolute Gasteiger partial charge is 0.271 e. The summed E-state index contributed by atoms with van der Waals surface area (Å²) in [6.07, 6.45) is 6.09. The van der Waals surface area contributed by atoms with Crippen molar-refractivity contribution in [3.05, 3.63) is 24.0 Å². The van der Waals surface area contributed by atoms with Crippen LogP contribution < -0.4 is 5.32 Å². The Hall–Kier alpha value is -1.78. The molecule has 2 unspecified atom stereocenters. The number of aromatic nitrogens is 1. The van der Waals surface area contributed by atoms with Crippen LogP contribution in [0.15, 0.2) is 18.3 Å². The highest BCUT2D eigenvalue weighted by Gasteiger charge is 2.39. The number of hydrogen-bond acceptors (Lipinski definition) is 2. The molecule has 102 valence electrons. The van der Waals surface area contributed by atoms with E-state index in [1.807, 2.05) is 29.9 Å². The lowest BCUT2D eigenvalue weighted by molar-refractivity contribution is -0.127. The molecule has 1 aliphatic carbocycles. The Balaban J connectivity index is 1.87. The molecule has 0 radical (unpaired) electrons. The second-order valence-electron chi connectivity index (χ2n) is 5.46. The Bertz CT molecular complexity index is 509. The molecule has 3 rings (SSSR count). The van der Waals surface area contributed by atoms with Crippen LogP contribution in [0.3, 0.4) is 0 Å². The van der Waals surface area contributed by atoms with Gasteiger partial charge in [-0.05, 0) is 25.0 Å². The fraction of sp³-hybridized carbons (Fsp3) is 0.571. The van der Waals surface area contributed by atoms with Crippen molar-refractivity contribution in [1.82, 2.24) is 14.8 Å². The third kappa shape index (κ3) is 2.13. The van der Waals surface area contributed by atoms with Crippen molar-refractivity contribution in [1.29, 1.82) is 0 Å². The van der Waals surface area contributed by atoms with Gasteiger partial charge in [0.15, 0.2) is 0 Å². The lowest BCUT2D eigenvalue weighted by atomic mass is 9.87. The number of carbonyl (C=O) groups excluding carboxylic acids is 2. The maximum Gasteiger partial charge on any atom is 0.271 e. The van der Waals surface area contributed by atoms with E-state index in [-0.39, 0.29) is 30.4 Å². The number of nitrogens with zero attached hydrogens (tertiary/aromatic N) is 2. The number of piperazine rings is 1. The van der Waals surface area contributed by atoms with E-state index < -0.39 is 0 Å². The summed E-state index contributed by atoms with van der Waals surface area (Å²) in [4.78, 5) is 26.1. The first-order chi connectivity index (χ1) is 9.16. The largest absolute Gasteiger partial charge is 0.350 e. The average Bonchev–Trinajstić information content (AvgIpc) is 2.83. The molecule has 2 amide bonds. The number of hydrogen-bond donors (Lipinski definition) is 1. The highest BCUT2D eigenvalue weighted by atomic mass is 16.2. The molecule has 1 saturated heterocycles. The first-order valence-electron chi connectivity index (χ1n) is 6.88. The maximum atomic E-state index is 12.6. The van der Waals surface area contributed by atoms with Crippen LogP contribution in [0.4, 0.5) is 0 Å². The summed E-state index contributed by atoms with van der Waals surface area (Å²) in [6.45, 7) is 0.186. The highest BCUT2D eigenvalue weighted by molar-refractivity contribution is 5.96. The zero-order valence-electron chi connectivity index (χ0n) is 11.1. The zero-order valence-corrected chi connectivity index (χ0v) is 11.1. The predicted molar refractivity (Wildman–Crippen MR) is 70.6 cm³/mol. The molecular weight excluding hydrogens is 242 g/mol. The molecule has 5 nitrogen and oxygen atoms in total. The SMILES string of the molecule is Cn1cccc1C(=O)N1CC(=O)NC2CCCCC21. The van der Waals surface area contributed by atoms with Crippen LogP contribution in [-0.4, -0.2) is 39.9 Å². The molecule has 19 heavy (non-hydrogen) atoms. The lowest BCUT2D eigenvalue weighted by Crippen LogP contribution is -2.63. The summed E-state index contributed by atoms with van der Waals surface area (Å²) >= 11 is 0. The van der Waals surface area contributed by atoms with E-state index in [0.717, 1.165) is 25.7 Å². The van der Waals surface area contributed by atoms with E-state index in [1.165, 1.54) is 0 Å². The third-order valence-corrected chi connectivity index (χ3v) is 4.21. The Labute approximate surface area is 112 Å². The first-order valence-corrected chi connectivity index (χ1v) is 6.88. The van der Waals surface area contributed by atoms with Crippen LogP contribution in [0, 0.1) is 0 Å². The molecule has 1 aromatic heterocycles. The molecule has 2 atom stereocenters. The topological polar surface area (TPSA) is 54.3 Å². The Morgan fingerprint density at radius 3 is 2.89 bits per heavy atom. The van der Waals surface area contributed by atoms with Gasteiger partial charge in [0.25, 0.3) is 5.91 Å². The molecule has 2 aliphatic rings. The van der Waals surface area contributed by atoms with Gasteiger partial charge in [-0.2, -0.15) is 0 Å². The van der Waals surface area contributed by atoms with Gasteiger partial charge in [-0.25, -0.2) is 0 Å². The summed E-state index contributed by atoms with van der Waals surface area (Å²) < 4.78 is 1.81. The van der Waals surface area contributed by atoms with Gasteiger partial charge in [-0.1, -0.05) is 12.8 Å². The first kappa shape index (κ1) is 12.3. The van der Waals surface area contributed by atoms with Crippen molar-refractivity contribution in [3.63, 3.8) is 0 Å². The van der Waals surface area contributed by atoms with Gasteiger partial charge in [0.1, 0.15) is 12.2 Å². The highest BCUT2D eigenvalue weighted by Crippen LogP contribution is 2.27. The van der Waals surface area contributed by atoms with Gasteiger partial charge >= 0.3 is 0 Å². The van der Waals surface area contributed by atoms with Gasteiger partial charge in [0, 0.05) is 19.3 Å². The van der Waals surface area contributed by atoms with Crippen molar-refractivity contribution in [3.8, 4) is 0 Å². The maximum absolute atomic E-state index is 12.6. The normalized spacial score (nSPS) is 26.8. The van der Waals surface area contributed by atoms with Gasteiger partial charge in [0.2, 0.25) is 5.91 Å². The number of fused-ring (bicyclic) bond motifs is 1. The molecule has 0 aromatic carbocycles. The van der Waals surface area contributed by atoms with Crippen molar-refractivity contribution in [2.75, 3.05) is 6.54 Å². The van der Waals surface area contributed by atoms with E-state index in [4.69, 9.17) is 0 Å². The van der Waals surface area contributed by atoms with Crippen LogP contribution in [-0.2, 0) is 11.8 Å². The second kappa shape index (κ2) is 4.72. The third-order valence-electron chi connectivity index (χ3n) is 4.21. The summed E-state index contributed by atoms with van der Waals surface area (Å²) in [5, 5.41) is 3.02. The molecule has 0 bridgehead atoms. The van der Waals surface area contributed by atoms with Crippen molar-refractivity contribution >= 4 is 11.8 Å². The standard InChI is InChI=1S/C14H19N3O2/c1-16-8-4-7-12(16)14(19)17-9-13(18)15-10-5-2-3-6-11(10)17/h4,7-8,10-11H,2-3,5-6,9H2,1H3,(H,15,18). The number of amides is 2. The van der Waals surface area contributed by atoms with E-state index >= 15 is 0 Å². The Kier molecular flexibility index (Phi) is 3.05. The van der Waals surface area contributed by atoms with Gasteiger partial charge in [-0.3, -0.25) is 9.59 Å². The van der Waals surface area contributed by atoms with E-state index in [0.29, 0.717) is 5.69 Å². The minimum Gasteiger partial charge on any atom is -0.350 e. The molecule has 5 heteroatoms. The summed E-state index contributed by atoms with van der Waals surface area (Å²) in [5.74, 6) is -0.0649. The summed E-state index contributed by atoms with van der Waals surface area (Å²) in [5.41, 5.74) is 0.652.